The summed E-state index contributed by atoms with van der Waals surface area (Å²) in [6, 6.07) is 5.79. The van der Waals surface area contributed by atoms with Crippen molar-refractivity contribution >= 4 is 28.9 Å². The molecule has 128 valence electrons. The second kappa shape index (κ2) is 6.35. The average Bonchev–Trinajstić information content (AvgIpc) is 2.84. The van der Waals surface area contributed by atoms with E-state index in [2.05, 4.69) is 0 Å². The lowest BCUT2D eigenvalue weighted by molar-refractivity contribution is 0.0454. The predicted octanol–water partition coefficient (Wildman–Crippen LogP) is 3.30. The standard InChI is InChI=1S/C17H19NO6/c1-5-23-15(21)13-9-11-10(14(19)20)7-6-8-12(11)18(13)16(22)24-17(2,3)4/h6-9H,5H2,1-4H3,(H,19,20). The van der Waals surface area contributed by atoms with Gasteiger partial charge < -0.3 is 14.6 Å². The van der Waals surface area contributed by atoms with Gasteiger partial charge in [0.25, 0.3) is 0 Å². The van der Waals surface area contributed by atoms with Crippen molar-refractivity contribution in [2.45, 2.75) is 33.3 Å². The highest BCUT2D eigenvalue weighted by Crippen LogP contribution is 2.26. The molecule has 1 heterocycles. The van der Waals surface area contributed by atoms with Crippen LogP contribution in [0, 0.1) is 0 Å². The van der Waals surface area contributed by atoms with Crippen LogP contribution in [-0.4, -0.2) is 39.9 Å². The summed E-state index contributed by atoms with van der Waals surface area (Å²) in [7, 11) is 0. The van der Waals surface area contributed by atoms with Gasteiger partial charge in [-0.1, -0.05) is 6.07 Å². The second-order valence-electron chi connectivity index (χ2n) is 6.11. The van der Waals surface area contributed by atoms with Crippen molar-refractivity contribution in [3.63, 3.8) is 0 Å². The third-order valence-corrected chi connectivity index (χ3v) is 3.14. The van der Waals surface area contributed by atoms with E-state index in [1.165, 1.54) is 18.2 Å². The molecule has 0 spiro atoms. The SMILES string of the molecule is CCOC(=O)c1cc2c(C(=O)O)cccc2n1C(=O)OC(C)(C)C. The molecule has 0 unspecified atom stereocenters. The molecule has 0 saturated heterocycles. The van der Waals surface area contributed by atoms with Crippen LogP contribution in [0.15, 0.2) is 24.3 Å². The molecule has 7 heteroatoms. The van der Waals surface area contributed by atoms with E-state index in [1.54, 1.807) is 33.8 Å². The Balaban J connectivity index is 2.71. The number of carboxylic acids is 1. The molecule has 0 radical (unpaired) electrons. The van der Waals surface area contributed by atoms with Gasteiger partial charge in [-0.05, 0) is 45.9 Å². The molecule has 1 aromatic heterocycles. The largest absolute Gasteiger partial charge is 0.478 e. The molecule has 0 aliphatic rings. The molecule has 0 amide bonds. The second-order valence-corrected chi connectivity index (χ2v) is 6.11. The van der Waals surface area contributed by atoms with Crippen LogP contribution in [0.25, 0.3) is 10.9 Å². The van der Waals surface area contributed by atoms with E-state index in [1.807, 2.05) is 0 Å². The number of fused-ring (bicyclic) bond motifs is 1. The lowest BCUT2D eigenvalue weighted by Crippen LogP contribution is -2.29. The van der Waals surface area contributed by atoms with Crippen LogP contribution in [-0.2, 0) is 9.47 Å². The Kier molecular flexibility index (Phi) is 4.64. The highest BCUT2D eigenvalue weighted by molar-refractivity contribution is 6.09. The van der Waals surface area contributed by atoms with Gasteiger partial charge in [0.05, 0.1) is 17.7 Å². The average molecular weight is 333 g/mol. The fraction of sp³-hybridized carbons (Fsp3) is 0.353. The zero-order valence-corrected chi connectivity index (χ0v) is 14.0. The number of ether oxygens (including phenoxy) is 2. The molecule has 1 N–H and O–H groups in total. The molecule has 1 aromatic carbocycles. The molecule has 0 bridgehead atoms. The number of nitrogens with zero attached hydrogens (tertiary/aromatic N) is 1. The van der Waals surface area contributed by atoms with Crippen LogP contribution < -0.4 is 0 Å². The van der Waals surface area contributed by atoms with Gasteiger partial charge in [0.2, 0.25) is 0 Å². The number of carbonyl (C=O) groups is 3. The molecule has 7 nitrogen and oxygen atoms in total. The molecular weight excluding hydrogens is 314 g/mol. The molecule has 0 saturated carbocycles. The fourth-order valence-corrected chi connectivity index (χ4v) is 2.28. The van der Waals surface area contributed by atoms with Gasteiger partial charge >= 0.3 is 18.0 Å². The number of carboxylic acid groups (broad SMARTS) is 1. The number of aromatic nitrogens is 1. The number of hydrogen-bond donors (Lipinski definition) is 1. The van der Waals surface area contributed by atoms with E-state index in [0.29, 0.717) is 0 Å². The zero-order valence-electron chi connectivity index (χ0n) is 14.0. The Morgan fingerprint density at radius 3 is 2.42 bits per heavy atom. The topological polar surface area (TPSA) is 94.8 Å². The number of esters is 1. The quantitative estimate of drug-likeness (QED) is 0.866. The molecular formula is C17H19NO6. The summed E-state index contributed by atoms with van der Waals surface area (Å²) >= 11 is 0. The van der Waals surface area contributed by atoms with Gasteiger partial charge in [0.1, 0.15) is 11.3 Å². The van der Waals surface area contributed by atoms with Crippen molar-refractivity contribution in [1.82, 2.24) is 4.57 Å². The van der Waals surface area contributed by atoms with Crippen LogP contribution in [0.3, 0.4) is 0 Å². The summed E-state index contributed by atoms with van der Waals surface area (Å²) in [5.41, 5.74) is -0.591. The highest BCUT2D eigenvalue weighted by Gasteiger charge is 2.27. The third-order valence-electron chi connectivity index (χ3n) is 3.14. The van der Waals surface area contributed by atoms with Crippen molar-refractivity contribution in [3.05, 3.63) is 35.5 Å². The smallest absolute Gasteiger partial charge is 0.419 e. The van der Waals surface area contributed by atoms with Gasteiger partial charge in [0.15, 0.2) is 0 Å². The first-order valence-electron chi connectivity index (χ1n) is 7.44. The van der Waals surface area contributed by atoms with E-state index in [4.69, 9.17) is 9.47 Å². The minimum atomic E-state index is -1.16. The summed E-state index contributed by atoms with van der Waals surface area (Å²) in [6.07, 6.45) is -0.775. The van der Waals surface area contributed by atoms with E-state index in [9.17, 15) is 19.5 Å². The zero-order chi connectivity index (χ0) is 18.1. The van der Waals surface area contributed by atoms with Gasteiger partial charge in [-0.15, -0.1) is 0 Å². The Labute approximate surface area is 138 Å². The van der Waals surface area contributed by atoms with Crippen LogP contribution in [0.1, 0.15) is 48.5 Å². The normalized spacial score (nSPS) is 11.3. The number of hydrogen-bond acceptors (Lipinski definition) is 5. The van der Waals surface area contributed by atoms with Gasteiger partial charge in [-0.3, -0.25) is 0 Å². The Morgan fingerprint density at radius 1 is 1.21 bits per heavy atom. The van der Waals surface area contributed by atoms with Crippen molar-refractivity contribution in [2.75, 3.05) is 6.61 Å². The minimum absolute atomic E-state index is 0.0136. The fourth-order valence-electron chi connectivity index (χ4n) is 2.28. The lowest BCUT2D eigenvalue weighted by Gasteiger charge is -2.20. The molecule has 24 heavy (non-hydrogen) atoms. The summed E-state index contributed by atoms with van der Waals surface area (Å²) in [5.74, 6) is -1.88. The van der Waals surface area contributed by atoms with E-state index in [0.717, 1.165) is 4.57 Å². The van der Waals surface area contributed by atoms with Crippen molar-refractivity contribution < 1.29 is 29.0 Å². The third kappa shape index (κ3) is 3.40. The van der Waals surface area contributed by atoms with Crippen LogP contribution in [0.5, 0.6) is 0 Å². The number of benzene rings is 1. The summed E-state index contributed by atoms with van der Waals surface area (Å²) in [4.78, 5) is 36.1. The maximum absolute atomic E-state index is 12.5. The molecule has 2 aromatic rings. The lowest BCUT2D eigenvalue weighted by atomic mass is 10.1. The van der Waals surface area contributed by atoms with Gasteiger partial charge in [-0.2, -0.15) is 0 Å². The summed E-state index contributed by atoms with van der Waals surface area (Å²) < 4.78 is 11.3. The maximum Gasteiger partial charge on any atom is 0.419 e. The first-order valence-corrected chi connectivity index (χ1v) is 7.44. The van der Waals surface area contributed by atoms with Crippen molar-refractivity contribution in [2.24, 2.45) is 0 Å². The first kappa shape index (κ1) is 17.5. The predicted molar refractivity (Wildman–Crippen MR) is 86.5 cm³/mol. The summed E-state index contributed by atoms with van der Waals surface area (Å²) in [6.45, 7) is 6.86. The molecule has 0 aliphatic heterocycles. The van der Waals surface area contributed by atoms with Crippen LogP contribution >= 0.6 is 0 Å². The Hall–Kier alpha value is -2.83. The summed E-state index contributed by atoms with van der Waals surface area (Å²) in [5, 5.41) is 9.57. The van der Waals surface area contributed by atoms with Crippen LogP contribution in [0.2, 0.25) is 0 Å². The van der Waals surface area contributed by atoms with Crippen molar-refractivity contribution in [1.29, 1.82) is 0 Å². The van der Waals surface area contributed by atoms with Crippen LogP contribution in [0.4, 0.5) is 4.79 Å². The maximum atomic E-state index is 12.5. The number of aromatic carboxylic acids is 1. The van der Waals surface area contributed by atoms with E-state index < -0.39 is 23.6 Å². The van der Waals surface area contributed by atoms with E-state index in [-0.39, 0.29) is 28.8 Å². The molecule has 0 aliphatic carbocycles. The van der Waals surface area contributed by atoms with Gasteiger partial charge in [-0.25, -0.2) is 19.0 Å². The Bertz CT molecular complexity index is 812. The first-order chi connectivity index (χ1) is 11.2. The van der Waals surface area contributed by atoms with Crippen molar-refractivity contribution in [3.8, 4) is 0 Å². The number of rotatable bonds is 3. The molecule has 0 atom stereocenters. The Morgan fingerprint density at radius 2 is 1.88 bits per heavy atom. The van der Waals surface area contributed by atoms with E-state index >= 15 is 0 Å². The minimum Gasteiger partial charge on any atom is -0.478 e. The number of carbonyl (C=O) groups excluding carboxylic acids is 2. The molecule has 0 fully saturated rings. The molecule has 2 rings (SSSR count). The highest BCUT2D eigenvalue weighted by atomic mass is 16.6. The monoisotopic (exact) mass is 333 g/mol. The van der Waals surface area contributed by atoms with Gasteiger partial charge in [0, 0.05) is 5.39 Å².